The summed E-state index contributed by atoms with van der Waals surface area (Å²) in [6.45, 7) is 3.11. The molecule has 0 radical (unpaired) electrons. The first-order valence-electron chi connectivity index (χ1n) is 12.4. The van der Waals surface area contributed by atoms with Gasteiger partial charge in [0, 0.05) is 30.3 Å². The van der Waals surface area contributed by atoms with Crippen molar-refractivity contribution in [2.75, 3.05) is 18.4 Å². The molecular weight excluding hydrogens is 446 g/mol. The van der Waals surface area contributed by atoms with Gasteiger partial charge in [-0.3, -0.25) is 25.1 Å². The number of amides is 1. The highest BCUT2D eigenvalue weighted by Gasteiger charge is 2.26. The summed E-state index contributed by atoms with van der Waals surface area (Å²) in [5, 5.41) is 24.1. The fourth-order valence-corrected chi connectivity index (χ4v) is 5.33. The molecule has 2 aromatic carbocycles. The molecule has 9 nitrogen and oxygen atoms in total. The van der Waals surface area contributed by atoms with E-state index >= 15 is 0 Å². The number of hydrogen-bond donors (Lipinski definition) is 2. The van der Waals surface area contributed by atoms with Gasteiger partial charge in [-0.05, 0) is 75.4 Å². The number of likely N-dealkylation sites (tertiary alicyclic amines) is 1. The number of piperidine rings is 1. The zero-order valence-electron chi connectivity index (χ0n) is 19.7. The molecule has 2 heterocycles. The van der Waals surface area contributed by atoms with Crippen molar-refractivity contribution >= 4 is 28.6 Å². The number of rotatable bonds is 6. The molecule has 1 amide bonds. The second kappa shape index (κ2) is 10.1. The fourth-order valence-electron chi connectivity index (χ4n) is 5.33. The van der Waals surface area contributed by atoms with Crippen molar-refractivity contribution < 1.29 is 14.8 Å². The van der Waals surface area contributed by atoms with Crippen LogP contribution in [0.5, 0.6) is 0 Å². The lowest BCUT2D eigenvalue weighted by atomic mass is 9.93. The molecule has 9 heteroatoms. The van der Waals surface area contributed by atoms with Crippen LogP contribution in [-0.4, -0.2) is 49.6 Å². The Kier molecular flexibility index (Phi) is 6.79. The quantitative estimate of drug-likeness (QED) is 0.394. The zero-order chi connectivity index (χ0) is 24.4. The number of aliphatic hydroxyl groups is 1. The van der Waals surface area contributed by atoms with Crippen molar-refractivity contribution in [3.63, 3.8) is 0 Å². The third-order valence-corrected chi connectivity index (χ3v) is 7.18. The summed E-state index contributed by atoms with van der Waals surface area (Å²) in [4.78, 5) is 31.0. The number of imidazole rings is 1. The van der Waals surface area contributed by atoms with Gasteiger partial charge in [-0.15, -0.1) is 0 Å². The van der Waals surface area contributed by atoms with Gasteiger partial charge in [0.05, 0.1) is 22.1 Å². The maximum absolute atomic E-state index is 13.0. The zero-order valence-corrected chi connectivity index (χ0v) is 19.7. The van der Waals surface area contributed by atoms with Crippen LogP contribution in [0.2, 0.25) is 0 Å². The van der Waals surface area contributed by atoms with Crippen molar-refractivity contribution in [1.29, 1.82) is 0 Å². The molecule has 1 saturated carbocycles. The smallest absolute Gasteiger partial charge is 0.270 e. The molecule has 0 atom stereocenters. The molecule has 1 saturated heterocycles. The van der Waals surface area contributed by atoms with Crippen molar-refractivity contribution in [2.24, 2.45) is 0 Å². The number of fused-ring (bicyclic) bond motifs is 1. The molecule has 35 heavy (non-hydrogen) atoms. The fraction of sp³-hybridized carbons (Fsp3) is 0.462. The Hall–Kier alpha value is -3.30. The van der Waals surface area contributed by atoms with Gasteiger partial charge in [0.15, 0.2) is 0 Å². The van der Waals surface area contributed by atoms with E-state index in [4.69, 9.17) is 4.98 Å². The minimum atomic E-state index is -0.511. The number of hydrogen-bond acceptors (Lipinski definition) is 6. The highest BCUT2D eigenvalue weighted by molar-refractivity contribution is 6.04. The summed E-state index contributed by atoms with van der Waals surface area (Å²) in [6.07, 6.45) is 6.47. The molecule has 0 spiro atoms. The van der Waals surface area contributed by atoms with Crippen molar-refractivity contribution in [1.82, 2.24) is 14.5 Å². The molecule has 1 aliphatic heterocycles. The summed E-state index contributed by atoms with van der Waals surface area (Å²) in [6, 6.07) is 12.1. The van der Waals surface area contributed by atoms with Crippen LogP contribution in [0.1, 0.15) is 66.9 Å². The lowest BCUT2D eigenvalue weighted by molar-refractivity contribution is -0.384. The Morgan fingerprint density at radius 3 is 2.60 bits per heavy atom. The highest BCUT2D eigenvalue weighted by atomic mass is 16.6. The van der Waals surface area contributed by atoms with Gasteiger partial charge < -0.3 is 9.67 Å². The number of aromatic nitrogens is 2. The second-order valence-electron chi connectivity index (χ2n) is 9.69. The van der Waals surface area contributed by atoms with Crippen LogP contribution in [-0.2, 0) is 6.54 Å². The number of anilines is 1. The van der Waals surface area contributed by atoms with E-state index in [1.54, 1.807) is 6.07 Å². The standard InChI is InChI=1S/C26H31N5O4/c32-22-10-8-20(9-11-22)30-24-12-7-18(17-29-13-2-1-3-14-29)15-23(24)27-26(30)28-25(33)19-5-4-6-21(16-19)31(34)35/h4-7,12,15-16,20,22,32H,1-3,8-11,13-14,17H2,(H,27,28,33)/t20-,22-. The number of nitrogens with one attached hydrogen (secondary N) is 1. The Morgan fingerprint density at radius 1 is 1.09 bits per heavy atom. The molecule has 2 fully saturated rings. The topological polar surface area (TPSA) is 114 Å². The maximum Gasteiger partial charge on any atom is 0.270 e. The summed E-state index contributed by atoms with van der Waals surface area (Å²) < 4.78 is 2.07. The van der Waals surface area contributed by atoms with E-state index in [9.17, 15) is 20.0 Å². The predicted octanol–water partition coefficient (Wildman–Crippen LogP) is 4.66. The number of nitro groups is 1. The van der Waals surface area contributed by atoms with Crippen LogP contribution < -0.4 is 5.32 Å². The first-order chi connectivity index (χ1) is 17.0. The van der Waals surface area contributed by atoms with Crippen molar-refractivity contribution in [3.05, 3.63) is 63.7 Å². The monoisotopic (exact) mass is 477 g/mol. The van der Waals surface area contributed by atoms with E-state index < -0.39 is 10.8 Å². The molecule has 0 bridgehead atoms. The number of carbonyl (C=O) groups excluding carboxylic acids is 1. The molecule has 184 valence electrons. The number of nitrogens with zero attached hydrogens (tertiary/aromatic N) is 4. The Balaban J connectivity index is 1.46. The molecule has 1 aromatic heterocycles. The summed E-state index contributed by atoms with van der Waals surface area (Å²) in [5.74, 6) is 0.00246. The lowest BCUT2D eigenvalue weighted by Crippen LogP contribution is -2.29. The van der Waals surface area contributed by atoms with Gasteiger partial charge in [0.25, 0.3) is 11.6 Å². The van der Waals surface area contributed by atoms with Crippen molar-refractivity contribution in [3.8, 4) is 0 Å². The van der Waals surface area contributed by atoms with Crippen LogP contribution in [0.3, 0.4) is 0 Å². The summed E-state index contributed by atoms with van der Waals surface area (Å²) in [7, 11) is 0. The Bertz CT molecular complexity index is 1230. The average molecular weight is 478 g/mol. The molecule has 3 aromatic rings. The van der Waals surface area contributed by atoms with E-state index in [2.05, 4.69) is 33.0 Å². The number of non-ortho nitro benzene ring substituents is 1. The second-order valence-corrected chi connectivity index (χ2v) is 9.69. The normalized spacial score (nSPS) is 21.2. The van der Waals surface area contributed by atoms with Gasteiger partial charge in [0.1, 0.15) is 0 Å². The lowest BCUT2D eigenvalue weighted by Gasteiger charge is -2.28. The number of nitro benzene ring substituents is 1. The van der Waals surface area contributed by atoms with Gasteiger partial charge >= 0.3 is 0 Å². The van der Waals surface area contributed by atoms with E-state index in [0.717, 1.165) is 43.5 Å². The van der Waals surface area contributed by atoms with Crippen LogP contribution >= 0.6 is 0 Å². The number of aliphatic hydroxyl groups excluding tert-OH is 1. The van der Waals surface area contributed by atoms with E-state index in [-0.39, 0.29) is 23.4 Å². The van der Waals surface area contributed by atoms with Crippen molar-refractivity contribution in [2.45, 2.75) is 63.6 Å². The predicted molar refractivity (Wildman–Crippen MR) is 133 cm³/mol. The Morgan fingerprint density at radius 2 is 1.86 bits per heavy atom. The third-order valence-electron chi connectivity index (χ3n) is 7.18. The summed E-state index contributed by atoms with van der Waals surface area (Å²) >= 11 is 0. The van der Waals surface area contributed by atoms with Crippen LogP contribution in [0.25, 0.3) is 11.0 Å². The first kappa shape index (κ1) is 23.4. The molecular formula is C26H31N5O4. The molecule has 2 N–H and O–H groups in total. The number of carbonyl (C=O) groups is 1. The van der Waals surface area contributed by atoms with E-state index in [1.807, 2.05) is 0 Å². The Labute approximate surface area is 203 Å². The molecule has 1 aliphatic carbocycles. The minimum absolute atomic E-state index is 0.108. The molecule has 5 rings (SSSR count). The third kappa shape index (κ3) is 5.21. The van der Waals surface area contributed by atoms with Crippen LogP contribution in [0.15, 0.2) is 42.5 Å². The van der Waals surface area contributed by atoms with Gasteiger partial charge in [-0.1, -0.05) is 18.6 Å². The number of benzene rings is 2. The maximum atomic E-state index is 13.0. The largest absolute Gasteiger partial charge is 0.393 e. The average Bonchev–Trinajstić information content (AvgIpc) is 3.22. The SMILES string of the molecule is O=C(Nc1nc2cc(CN3CCCCC3)ccc2n1[C@H]1CC[C@H](O)CC1)c1cccc([N+](=O)[O-])c1. The van der Waals surface area contributed by atoms with E-state index in [0.29, 0.717) is 18.8 Å². The van der Waals surface area contributed by atoms with E-state index in [1.165, 1.54) is 43.0 Å². The first-order valence-corrected chi connectivity index (χ1v) is 12.4. The summed E-state index contributed by atoms with van der Waals surface area (Å²) in [5.41, 5.74) is 3.04. The molecule has 2 aliphatic rings. The van der Waals surface area contributed by atoms with Gasteiger partial charge in [-0.25, -0.2) is 4.98 Å². The van der Waals surface area contributed by atoms with Gasteiger partial charge in [-0.2, -0.15) is 0 Å². The van der Waals surface area contributed by atoms with Gasteiger partial charge in [0.2, 0.25) is 5.95 Å². The van der Waals surface area contributed by atoms with Crippen LogP contribution in [0.4, 0.5) is 11.6 Å². The minimum Gasteiger partial charge on any atom is -0.393 e. The van der Waals surface area contributed by atoms with Crippen LogP contribution in [0, 0.1) is 10.1 Å². The highest BCUT2D eigenvalue weighted by Crippen LogP contribution is 2.35. The molecule has 0 unspecified atom stereocenters.